The van der Waals surface area contributed by atoms with Gasteiger partial charge in [0, 0.05) is 37.2 Å². The number of likely N-dealkylation sites (tertiary alicyclic amines) is 1. The second kappa shape index (κ2) is 10.7. The fraction of sp³-hybridized carbons (Fsp3) is 0.241. The Balaban J connectivity index is 1.21. The Bertz CT molecular complexity index is 1480. The van der Waals surface area contributed by atoms with Crippen LogP contribution in [0.2, 0.25) is 0 Å². The zero-order chi connectivity index (χ0) is 27.6. The molecule has 0 aliphatic carbocycles. The molecule has 2 N–H and O–H groups in total. The lowest BCUT2D eigenvalue weighted by atomic mass is 9.78. The minimum Gasteiger partial charge on any atom is -0.480 e. The minimum absolute atomic E-state index is 0.0596. The van der Waals surface area contributed by atoms with Crippen LogP contribution in [0.1, 0.15) is 29.5 Å². The summed E-state index contributed by atoms with van der Waals surface area (Å²) in [6.07, 6.45) is 0.372. The highest BCUT2D eigenvalue weighted by atomic mass is 19.2. The van der Waals surface area contributed by atoms with E-state index in [0.717, 1.165) is 22.8 Å². The summed E-state index contributed by atoms with van der Waals surface area (Å²) in [6.45, 7) is 1.33. The summed E-state index contributed by atoms with van der Waals surface area (Å²) in [6, 6.07) is 18.9. The van der Waals surface area contributed by atoms with E-state index in [-0.39, 0.29) is 24.8 Å². The first kappa shape index (κ1) is 26.2. The van der Waals surface area contributed by atoms with Crippen molar-refractivity contribution in [1.29, 1.82) is 0 Å². The Morgan fingerprint density at radius 3 is 2.13 bits per heavy atom. The maximum absolute atomic E-state index is 14.0. The van der Waals surface area contributed by atoms with Gasteiger partial charge in [-0.25, -0.2) is 8.78 Å². The molecule has 0 atom stereocenters. The molecule has 8 nitrogen and oxygen atoms in total. The molecule has 1 saturated heterocycles. The summed E-state index contributed by atoms with van der Waals surface area (Å²) in [5.41, 5.74) is 1.81. The number of hydrogen-bond donors (Lipinski definition) is 2. The number of hydrogen-bond acceptors (Lipinski definition) is 6. The van der Waals surface area contributed by atoms with E-state index in [4.69, 9.17) is 4.52 Å². The normalized spacial score (nSPS) is 15.2. The average Bonchev–Trinajstić information content (AvgIpc) is 3.43. The summed E-state index contributed by atoms with van der Waals surface area (Å²) >= 11 is 0. The van der Waals surface area contributed by atoms with Gasteiger partial charge in [-0.15, -0.1) is 0 Å². The summed E-state index contributed by atoms with van der Waals surface area (Å²) in [7, 11) is 0. The molecular formula is C29H25F2N3O5. The van der Waals surface area contributed by atoms with Gasteiger partial charge < -0.3 is 14.7 Å². The zero-order valence-electron chi connectivity index (χ0n) is 20.8. The van der Waals surface area contributed by atoms with Gasteiger partial charge in [0.2, 0.25) is 5.82 Å². The molecule has 3 aromatic carbocycles. The number of piperidine rings is 1. The molecule has 0 radical (unpaired) electrons. The fourth-order valence-electron chi connectivity index (χ4n) is 4.76. The SMILES string of the molecule is O=C(O)C1(C(=O)O)CCN(Cc2ccc(-c3noc(-c4ccc(Cc5cccc(F)c5F)cc4)n3)cc2)CC1. The van der Waals surface area contributed by atoms with Crippen LogP contribution >= 0.6 is 0 Å². The number of carbonyl (C=O) groups is 2. The maximum Gasteiger partial charge on any atom is 0.321 e. The predicted octanol–water partition coefficient (Wildman–Crippen LogP) is 5.02. The van der Waals surface area contributed by atoms with Crippen molar-refractivity contribution in [1.82, 2.24) is 15.0 Å². The molecular weight excluding hydrogens is 508 g/mol. The van der Waals surface area contributed by atoms with Gasteiger partial charge in [-0.05, 0) is 47.7 Å². The molecule has 1 fully saturated rings. The summed E-state index contributed by atoms with van der Waals surface area (Å²) in [4.78, 5) is 29.5. The van der Waals surface area contributed by atoms with Crippen LogP contribution in [0.3, 0.4) is 0 Å². The molecule has 4 aromatic rings. The minimum atomic E-state index is -1.71. The molecule has 0 amide bonds. The number of halogens is 2. The standard InChI is InChI=1S/C29H25F2N3O5/c30-23-3-1-2-22(24(23)31)16-18-4-10-21(11-5-18)26-32-25(33-39-26)20-8-6-19(7-9-20)17-34-14-12-29(13-15-34,27(35)36)28(37)38/h1-11H,12-17H2,(H,35,36)(H,37,38). The monoisotopic (exact) mass is 533 g/mol. The van der Waals surface area contributed by atoms with Crippen LogP contribution in [0.15, 0.2) is 71.3 Å². The van der Waals surface area contributed by atoms with Crippen molar-refractivity contribution < 1.29 is 33.1 Å². The molecule has 0 unspecified atom stereocenters. The lowest BCUT2D eigenvalue weighted by Gasteiger charge is -2.36. The lowest BCUT2D eigenvalue weighted by Crippen LogP contribution is -2.48. The van der Waals surface area contributed by atoms with Crippen LogP contribution in [0.4, 0.5) is 8.78 Å². The molecule has 1 aromatic heterocycles. The summed E-state index contributed by atoms with van der Waals surface area (Å²) < 4.78 is 32.9. The molecule has 2 heterocycles. The van der Waals surface area contributed by atoms with Crippen molar-refractivity contribution >= 4 is 11.9 Å². The Kier molecular flexibility index (Phi) is 7.21. The van der Waals surface area contributed by atoms with E-state index in [1.165, 1.54) is 6.07 Å². The van der Waals surface area contributed by atoms with E-state index in [2.05, 4.69) is 10.1 Å². The molecule has 5 rings (SSSR count). The fourth-order valence-corrected chi connectivity index (χ4v) is 4.76. The van der Waals surface area contributed by atoms with E-state index in [9.17, 15) is 28.6 Å². The average molecular weight is 534 g/mol. The summed E-state index contributed by atoms with van der Waals surface area (Å²) in [5, 5.41) is 22.8. The van der Waals surface area contributed by atoms with Gasteiger partial charge in [-0.1, -0.05) is 53.7 Å². The highest BCUT2D eigenvalue weighted by molar-refractivity contribution is 5.98. The predicted molar refractivity (Wildman–Crippen MR) is 137 cm³/mol. The Morgan fingerprint density at radius 1 is 0.872 bits per heavy atom. The first-order valence-corrected chi connectivity index (χ1v) is 12.4. The van der Waals surface area contributed by atoms with E-state index in [1.54, 1.807) is 30.3 Å². The number of aliphatic carboxylic acids is 2. The number of aromatic nitrogens is 2. The van der Waals surface area contributed by atoms with Crippen molar-refractivity contribution in [3.8, 4) is 22.8 Å². The second-order valence-corrected chi connectivity index (χ2v) is 9.68. The Morgan fingerprint density at radius 2 is 1.49 bits per heavy atom. The first-order valence-electron chi connectivity index (χ1n) is 12.4. The van der Waals surface area contributed by atoms with Gasteiger partial charge in [-0.2, -0.15) is 4.98 Å². The second-order valence-electron chi connectivity index (χ2n) is 9.68. The van der Waals surface area contributed by atoms with Crippen molar-refractivity contribution in [2.45, 2.75) is 25.8 Å². The molecule has 39 heavy (non-hydrogen) atoms. The molecule has 0 spiro atoms. The third-order valence-corrected chi connectivity index (χ3v) is 7.20. The van der Waals surface area contributed by atoms with Gasteiger partial charge in [0.25, 0.3) is 5.89 Å². The quantitative estimate of drug-likeness (QED) is 0.303. The van der Waals surface area contributed by atoms with Crippen LogP contribution in [0.25, 0.3) is 22.8 Å². The summed E-state index contributed by atoms with van der Waals surface area (Å²) in [5.74, 6) is -3.55. The van der Waals surface area contributed by atoms with Crippen LogP contribution in [-0.4, -0.2) is 50.3 Å². The van der Waals surface area contributed by atoms with Crippen molar-refractivity contribution in [2.75, 3.05) is 13.1 Å². The van der Waals surface area contributed by atoms with Gasteiger partial charge >= 0.3 is 11.9 Å². The Hall–Kier alpha value is -4.44. The van der Waals surface area contributed by atoms with Crippen LogP contribution in [0.5, 0.6) is 0 Å². The van der Waals surface area contributed by atoms with Crippen molar-refractivity contribution in [3.05, 3.63) is 95.1 Å². The number of nitrogens with zero attached hydrogens (tertiary/aromatic N) is 3. The number of benzene rings is 3. The molecule has 1 aliphatic heterocycles. The van der Waals surface area contributed by atoms with Crippen LogP contribution in [0, 0.1) is 17.0 Å². The van der Waals surface area contributed by atoms with E-state index in [1.807, 2.05) is 29.2 Å². The molecule has 200 valence electrons. The highest BCUT2D eigenvalue weighted by Crippen LogP contribution is 2.33. The third kappa shape index (κ3) is 5.42. The van der Waals surface area contributed by atoms with E-state index >= 15 is 0 Å². The number of rotatable bonds is 8. The topological polar surface area (TPSA) is 117 Å². The van der Waals surface area contributed by atoms with E-state index < -0.39 is 29.0 Å². The Labute approximate surface area is 222 Å². The lowest BCUT2D eigenvalue weighted by molar-refractivity contribution is -0.168. The van der Waals surface area contributed by atoms with Crippen molar-refractivity contribution in [2.24, 2.45) is 5.41 Å². The molecule has 0 saturated carbocycles. The van der Waals surface area contributed by atoms with Crippen LogP contribution in [-0.2, 0) is 22.6 Å². The van der Waals surface area contributed by atoms with Crippen LogP contribution < -0.4 is 0 Å². The third-order valence-electron chi connectivity index (χ3n) is 7.20. The largest absolute Gasteiger partial charge is 0.480 e. The maximum atomic E-state index is 14.0. The smallest absolute Gasteiger partial charge is 0.321 e. The van der Waals surface area contributed by atoms with E-state index in [0.29, 0.717) is 36.9 Å². The number of carboxylic acids is 2. The number of carboxylic acid groups (broad SMARTS) is 2. The highest BCUT2D eigenvalue weighted by Gasteiger charge is 2.48. The van der Waals surface area contributed by atoms with Gasteiger partial charge in [0.05, 0.1) is 0 Å². The van der Waals surface area contributed by atoms with Gasteiger partial charge in [0.1, 0.15) is 0 Å². The van der Waals surface area contributed by atoms with Gasteiger partial charge in [-0.3, -0.25) is 14.5 Å². The molecule has 1 aliphatic rings. The zero-order valence-corrected chi connectivity index (χ0v) is 20.8. The van der Waals surface area contributed by atoms with Crippen molar-refractivity contribution in [3.63, 3.8) is 0 Å². The first-order chi connectivity index (χ1) is 18.7. The van der Waals surface area contributed by atoms with Gasteiger partial charge in [0.15, 0.2) is 17.0 Å². The molecule has 10 heteroatoms. The molecule has 0 bridgehead atoms.